The van der Waals surface area contributed by atoms with Gasteiger partial charge in [0, 0.05) is 31.9 Å². The molecule has 0 radical (unpaired) electrons. The normalized spacial score (nSPS) is 16.9. The van der Waals surface area contributed by atoms with Crippen LogP contribution in [0, 0.1) is 6.92 Å². The van der Waals surface area contributed by atoms with Gasteiger partial charge in [-0.1, -0.05) is 30.3 Å². The fourth-order valence-electron chi connectivity index (χ4n) is 3.13. The van der Waals surface area contributed by atoms with Gasteiger partial charge in [0.05, 0.1) is 11.4 Å². The number of anilines is 1. The molecule has 1 fully saturated rings. The van der Waals surface area contributed by atoms with Crippen molar-refractivity contribution >= 4 is 21.7 Å². The number of benzene rings is 2. The third kappa shape index (κ3) is 4.89. The molecule has 0 aromatic heterocycles. The Balaban J connectivity index is 1.76. The van der Waals surface area contributed by atoms with Crippen LogP contribution in [0.5, 0.6) is 0 Å². The van der Waals surface area contributed by atoms with Crippen molar-refractivity contribution < 1.29 is 8.42 Å². The minimum absolute atomic E-state index is 0.188. The summed E-state index contributed by atoms with van der Waals surface area (Å²) in [5.74, 6) is 0.248. The number of hydrogen-bond donors (Lipinski definition) is 2. The van der Waals surface area contributed by atoms with E-state index in [1.165, 1.54) is 0 Å². The standard InChI is InChI=1S/C20H27N5O2S/c1-16-6-5-8-18(14-16)23-20(21)22-15-17-7-3-4-9-19(17)28(26,27)25-12-10-24(2)11-13-25/h3-9,14H,10-13,15H2,1-2H3,(H3,21,22,23). The van der Waals surface area contributed by atoms with Gasteiger partial charge in [0.25, 0.3) is 0 Å². The van der Waals surface area contributed by atoms with Crippen molar-refractivity contribution in [3.63, 3.8) is 0 Å². The SMILES string of the molecule is Cc1cccc(NC(N)=NCc2ccccc2S(=O)(=O)N2CCN(C)CC2)c1. The van der Waals surface area contributed by atoms with E-state index in [9.17, 15) is 8.42 Å². The second-order valence-corrected chi connectivity index (χ2v) is 8.92. The predicted molar refractivity (Wildman–Crippen MR) is 113 cm³/mol. The van der Waals surface area contributed by atoms with Gasteiger partial charge in [-0.25, -0.2) is 13.4 Å². The quantitative estimate of drug-likeness (QED) is 0.589. The van der Waals surface area contributed by atoms with Crippen LogP contribution in [0.1, 0.15) is 11.1 Å². The lowest BCUT2D eigenvalue weighted by Crippen LogP contribution is -2.47. The lowest BCUT2D eigenvalue weighted by atomic mass is 10.2. The molecular formula is C20H27N5O2S. The Kier molecular flexibility index (Phi) is 6.33. The van der Waals surface area contributed by atoms with E-state index in [1.807, 2.05) is 44.3 Å². The maximum absolute atomic E-state index is 13.1. The molecule has 3 N–H and O–H groups in total. The summed E-state index contributed by atoms with van der Waals surface area (Å²) in [5, 5.41) is 3.04. The van der Waals surface area contributed by atoms with Crippen molar-refractivity contribution in [3.05, 3.63) is 59.7 Å². The highest BCUT2D eigenvalue weighted by molar-refractivity contribution is 7.89. The molecule has 0 saturated carbocycles. The zero-order valence-corrected chi connectivity index (χ0v) is 17.1. The zero-order chi connectivity index (χ0) is 20.1. The van der Waals surface area contributed by atoms with Crippen LogP contribution in [0.4, 0.5) is 5.69 Å². The van der Waals surface area contributed by atoms with Crippen molar-refractivity contribution in [1.82, 2.24) is 9.21 Å². The van der Waals surface area contributed by atoms with E-state index >= 15 is 0 Å². The second-order valence-electron chi connectivity index (χ2n) is 7.01. The van der Waals surface area contributed by atoms with Crippen LogP contribution in [-0.4, -0.2) is 56.8 Å². The third-order valence-electron chi connectivity index (χ3n) is 4.76. The topological polar surface area (TPSA) is 91.0 Å². The summed E-state index contributed by atoms with van der Waals surface area (Å²) in [6, 6.07) is 14.8. The zero-order valence-electron chi connectivity index (χ0n) is 16.3. The van der Waals surface area contributed by atoms with E-state index in [0.29, 0.717) is 23.5 Å². The minimum atomic E-state index is -3.55. The molecule has 2 aromatic rings. The highest BCUT2D eigenvalue weighted by Gasteiger charge is 2.29. The second kappa shape index (κ2) is 8.72. The van der Waals surface area contributed by atoms with Crippen LogP contribution < -0.4 is 11.1 Å². The highest BCUT2D eigenvalue weighted by atomic mass is 32.2. The Morgan fingerprint density at radius 1 is 1.11 bits per heavy atom. The first-order chi connectivity index (χ1) is 13.4. The summed E-state index contributed by atoms with van der Waals surface area (Å²) in [6.45, 7) is 4.63. The molecule has 0 unspecified atom stereocenters. The number of nitrogens with two attached hydrogens (primary N) is 1. The Morgan fingerprint density at radius 2 is 1.82 bits per heavy atom. The lowest BCUT2D eigenvalue weighted by molar-refractivity contribution is 0.222. The number of sulfonamides is 1. The number of hydrogen-bond acceptors (Lipinski definition) is 4. The van der Waals surface area contributed by atoms with E-state index in [2.05, 4.69) is 15.2 Å². The highest BCUT2D eigenvalue weighted by Crippen LogP contribution is 2.22. The molecule has 28 heavy (non-hydrogen) atoms. The Bertz CT molecular complexity index is 951. The summed E-state index contributed by atoms with van der Waals surface area (Å²) in [4.78, 5) is 6.77. The monoisotopic (exact) mass is 401 g/mol. The van der Waals surface area contributed by atoms with Gasteiger partial charge in [-0.2, -0.15) is 4.31 Å². The molecule has 0 amide bonds. The number of likely N-dealkylation sites (N-methyl/N-ethyl adjacent to an activating group) is 1. The molecule has 1 heterocycles. The van der Waals surface area contributed by atoms with Crippen LogP contribution >= 0.6 is 0 Å². The average molecular weight is 402 g/mol. The maximum atomic E-state index is 13.1. The van der Waals surface area contributed by atoms with Crippen molar-refractivity contribution in [1.29, 1.82) is 0 Å². The fraction of sp³-hybridized carbons (Fsp3) is 0.350. The van der Waals surface area contributed by atoms with Crippen LogP contribution in [-0.2, 0) is 16.6 Å². The van der Waals surface area contributed by atoms with Gasteiger partial charge in [-0.05, 0) is 43.3 Å². The largest absolute Gasteiger partial charge is 0.370 e. The van der Waals surface area contributed by atoms with Gasteiger partial charge < -0.3 is 16.0 Å². The molecule has 1 saturated heterocycles. The van der Waals surface area contributed by atoms with Crippen molar-refractivity contribution in [2.45, 2.75) is 18.4 Å². The molecular weight excluding hydrogens is 374 g/mol. The maximum Gasteiger partial charge on any atom is 0.243 e. The van der Waals surface area contributed by atoms with Gasteiger partial charge in [-0.3, -0.25) is 0 Å². The van der Waals surface area contributed by atoms with E-state index in [1.54, 1.807) is 22.5 Å². The summed E-state index contributed by atoms with van der Waals surface area (Å²) < 4.78 is 27.7. The molecule has 0 atom stereocenters. The molecule has 0 bridgehead atoms. The van der Waals surface area contributed by atoms with Crippen LogP contribution in [0.25, 0.3) is 0 Å². The molecule has 0 aliphatic carbocycles. The van der Waals surface area contributed by atoms with E-state index in [4.69, 9.17) is 5.73 Å². The molecule has 0 spiro atoms. The Morgan fingerprint density at radius 3 is 2.54 bits per heavy atom. The average Bonchev–Trinajstić information content (AvgIpc) is 2.67. The number of piperazine rings is 1. The summed E-state index contributed by atoms with van der Waals surface area (Å²) in [5.41, 5.74) is 8.59. The van der Waals surface area contributed by atoms with E-state index in [0.717, 1.165) is 24.3 Å². The molecule has 1 aliphatic heterocycles. The number of nitrogens with zero attached hydrogens (tertiary/aromatic N) is 3. The number of aryl methyl sites for hydroxylation is 1. The first-order valence-electron chi connectivity index (χ1n) is 9.26. The van der Waals surface area contributed by atoms with E-state index in [-0.39, 0.29) is 12.5 Å². The number of aliphatic imine (C=N–C) groups is 1. The van der Waals surface area contributed by atoms with E-state index < -0.39 is 10.0 Å². The molecule has 8 heteroatoms. The first kappa shape index (κ1) is 20.3. The summed E-state index contributed by atoms with van der Waals surface area (Å²) in [6.07, 6.45) is 0. The summed E-state index contributed by atoms with van der Waals surface area (Å²) >= 11 is 0. The van der Waals surface area contributed by atoms with Crippen LogP contribution in [0.3, 0.4) is 0 Å². The Labute approximate surface area is 166 Å². The van der Waals surface area contributed by atoms with Crippen LogP contribution in [0.15, 0.2) is 58.4 Å². The predicted octanol–water partition coefficient (Wildman–Crippen LogP) is 1.86. The van der Waals surface area contributed by atoms with Crippen molar-refractivity contribution in [3.8, 4) is 0 Å². The molecule has 2 aromatic carbocycles. The number of guanidine groups is 1. The van der Waals surface area contributed by atoms with Gasteiger partial charge in [0.2, 0.25) is 10.0 Å². The molecule has 1 aliphatic rings. The van der Waals surface area contributed by atoms with Crippen LogP contribution in [0.2, 0.25) is 0 Å². The van der Waals surface area contributed by atoms with Crippen molar-refractivity contribution in [2.75, 3.05) is 38.5 Å². The number of rotatable bonds is 5. The smallest absolute Gasteiger partial charge is 0.243 e. The van der Waals surface area contributed by atoms with Crippen molar-refractivity contribution in [2.24, 2.45) is 10.7 Å². The fourth-order valence-corrected chi connectivity index (χ4v) is 4.77. The van der Waals surface area contributed by atoms with Gasteiger partial charge in [-0.15, -0.1) is 0 Å². The first-order valence-corrected chi connectivity index (χ1v) is 10.7. The molecule has 7 nitrogen and oxygen atoms in total. The minimum Gasteiger partial charge on any atom is -0.370 e. The lowest BCUT2D eigenvalue weighted by Gasteiger charge is -2.32. The van der Waals surface area contributed by atoms with Gasteiger partial charge in [0.1, 0.15) is 0 Å². The summed E-state index contributed by atoms with van der Waals surface area (Å²) in [7, 11) is -1.56. The van der Waals surface area contributed by atoms with Gasteiger partial charge in [0.15, 0.2) is 5.96 Å². The van der Waals surface area contributed by atoms with Gasteiger partial charge >= 0.3 is 0 Å². The molecule has 150 valence electrons. The number of nitrogens with one attached hydrogen (secondary N) is 1. The molecule has 3 rings (SSSR count). The third-order valence-corrected chi connectivity index (χ3v) is 6.76. The Hall–Kier alpha value is -2.42.